The van der Waals surface area contributed by atoms with Gasteiger partial charge in [-0.3, -0.25) is 0 Å². The van der Waals surface area contributed by atoms with E-state index in [-0.39, 0.29) is 0 Å². The molecule has 7 aromatic carbocycles. The Labute approximate surface area is 293 Å². The molecule has 6 heteroatoms. The van der Waals surface area contributed by atoms with Crippen molar-refractivity contribution in [2.45, 2.75) is 0 Å². The molecule has 51 heavy (non-hydrogen) atoms. The first-order chi connectivity index (χ1) is 25.1. The zero-order valence-electron chi connectivity index (χ0n) is 27.2. The number of hydrogen-bond donors (Lipinski definition) is 1. The van der Waals surface area contributed by atoms with Crippen molar-refractivity contribution < 1.29 is 0 Å². The predicted molar refractivity (Wildman–Crippen MR) is 205 cm³/mol. The third kappa shape index (κ3) is 4.62. The van der Waals surface area contributed by atoms with Crippen LogP contribution in [0.3, 0.4) is 0 Å². The van der Waals surface area contributed by atoms with E-state index in [1.165, 1.54) is 0 Å². The van der Waals surface area contributed by atoms with Crippen molar-refractivity contribution in [2.24, 2.45) is 0 Å². The van der Waals surface area contributed by atoms with Crippen LogP contribution < -0.4 is 5.73 Å². The van der Waals surface area contributed by atoms with E-state index >= 15 is 0 Å². The number of hydrogen-bond acceptors (Lipinski definition) is 4. The lowest BCUT2D eigenvalue weighted by Gasteiger charge is -2.17. The molecule has 2 heterocycles. The lowest BCUT2D eigenvalue weighted by atomic mass is 9.90. The standard InChI is InChI=1S/C45H26N6/c46-25-28-13-17-44-40(21-28)41-23-32(49)14-18-45(41)50(44)33-15-16-36(35-8-2-1-7-30(35)27-48)39(24-33)31-19-29(26-47)20-34(22-31)51-42-11-5-3-9-37(42)38-10-4-6-12-43(38)51/h1-24H,49H2. The van der Waals surface area contributed by atoms with Crippen molar-refractivity contribution in [3.05, 3.63) is 162 Å². The first kappa shape index (κ1) is 29.5. The Balaban J connectivity index is 1.36. The Hall–Kier alpha value is -7.59. The van der Waals surface area contributed by atoms with Gasteiger partial charge in [0.15, 0.2) is 0 Å². The molecule has 0 saturated heterocycles. The Morgan fingerprint density at radius 1 is 0.412 bits per heavy atom. The lowest BCUT2D eigenvalue weighted by molar-refractivity contribution is 1.17. The average molecular weight is 651 g/mol. The van der Waals surface area contributed by atoms with E-state index in [1.54, 1.807) is 0 Å². The number of aromatic nitrogens is 2. The maximum Gasteiger partial charge on any atom is 0.0998 e. The van der Waals surface area contributed by atoms with Crippen LogP contribution in [0.4, 0.5) is 5.69 Å². The molecule has 236 valence electrons. The third-order valence-corrected chi connectivity index (χ3v) is 9.71. The van der Waals surface area contributed by atoms with Crippen molar-refractivity contribution in [1.82, 2.24) is 9.13 Å². The van der Waals surface area contributed by atoms with E-state index < -0.39 is 0 Å². The van der Waals surface area contributed by atoms with Gasteiger partial charge in [-0.15, -0.1) is 0 Å². The average Bonchev–Trinajstić information content (AvgIpc) is 3.69. The largest absolute Gasteiger partial charge is 0.399 e. The Bertz CT molecular complexity index is 2980. The highest BCUT2D eigenvalue weighted by atomic mass is 15.0. The Morgan fingerprint density at radius 2 is 1.04 bits per heavy atom. The molecule has 0 radical (unpaired) electrons. The minimum atomic E-state index is 0.519. The fourth-order valence-corrected chi connectivity index (χ4v) is 7.51. The molecule has 0 aliphatic rings. The first-order valence-electron chi connectivity index (χ1n) is 16.5. The normalized spacial score (nSPS) is 11.2. The summed E-state index contributed by atoms with van der Waals surface area (Å²) in [5, 5.41) is 34.4. The number of rotatable bonds is 4. The number of benzene rings is 7. The van der Waals surface area contributed by atoms with E-state index in [1.807, 2.05) is 97.1 Å². The zero-order valence-corrected chi connectivity index (χ0v) is 27.2. The van der Waals surface area contributed by atoms with Crippen LogP contribution in [-0.4, -0.2) is 9.13 Å². The van der Waals surface area contributed by atoms with Crippen LogP contribution in [0.25, 0.3) is 77.2 Å². The van der Waals surface area contributed by atoms with E-state index in [0.29, 0.717) is 22.4 Å². The van der Waals surface area contributed by atoms with E-state index in [9.17, 15) is 15.8 Å². The quantitative estimate of drug-likeness (QED) is 0.191. The van der Waals surface area contributed by atoms with Crippen molar-refractivity contribution in [3.8, 4) is 51.8 Å². The molecule has 0 spiro atoms. The summed E-state index contributed by atoms with van der Waals surface area (Å²) in [6.45, 7) is 0. The van der Waals surface area contributed by atoms with E-state index in [0.717, 1.165) is 77.2 Å². The highest BCUT2D eigenvalue weighted by molar-refractivity contribution is 6.11. The van der Waals surface area contributed by atoms with Crippen LogP contribution in [0.5, 0.6) is 0 Å². The van der Waals surface area contributed by atoms with Gasteiger partial charge in [0.05, 0.1) is 57.0 Å². The summed E-state index contributed by atoms with van der Waals surface area (Å²) < 4.78 is 4.39. The van der Waals surface area contributed by atoms with Gasteiger partial charge in [0, 0.05) is 44.2 Å². The highest BCUT2D eigenvalue weighted by Gasteiger charge is 2.19. The summed E-state index contributed by atoms with van der Waals surface area (Å²) in [5.41, 5.74) is 17.7. The van der Waals surface area contributed by atoms with Crippen molar-refractivity contribution in [3.63, 3.8) is 0 Å². The van der Waals surface area contributed by atoms with E-state index in [4.69, 9.17) is 5.73 Å². The summed E-state index contributed by atoms with van der Waals surface area (Å²) in [7, 11) is 0. The van der Waals surface area contributed by atoms with Crippen LogP contribution in [0.15, 0.2) is 146 Å². The molecular weight excluding hydrogens is 625 g/mol. The van der Waals surface area contributed by atoms with Gasteiger partial charge in [0.1, 0.15) is 0 Å². The van der Waals surface area contributed by atoms with Crippen molar-refractivity contribution in [2.75, 3.05) is 5.73 Å². The molecular formula is C45H26N6. The number of nitrogens with two attached hydrogens (primary N) is 1. The van der Waals surface area contributed by atoms with Crippen LogP contribution in [0.1, 0.15) is 16.7 Å². The maximum atomic E-state index is 10.4. The number of anilines is 1. The molecule has 0 aliphatic carbocycles. The number of fused-ring (bicyclic) bond motifs is 6. The van der Waals surface area contributed by atoms with Gasteiger partial charge >= 0.3 is 0 Å². The Kier molecular flexibility index (Phi) is 6.68. The molecule has 2 N–H and O–H groups in total. The summed E-state index contributed by atoms with van der Waals surface area (Å²) in [5.74, 6) is 0. The molecule has 0 unspecified atom stereocenters. The molecule has 2 aromatic heterocycles. The number of nitrogens with zero attached hydrogens (tertiary/aromatic N) is 5. The van der Waals surface area contributed by atoms with Gasteiger partial charge in [0.25, 0.3) is 0 Å². The SMILES string of the molecule is N#Cc1cc(-c2cc(-n3c4ccc(N)cc4c4cc(C#N)ccc43)ccc2-c2ccccc2C#N)cc(-n2c3ccccc3c3ccccc32)c1. The van der Waals surface area contributed by atoms with Crippen LogP contribution in [0, 0.1) is 34.0 Å². The highest BCUT2D eigenvalue weighted by Crippen LogP contribution is 2.41. The number of nitrogen functional groups attached to an aromatic ring is 1. The fraction of sp³-hybridized carbons (Fsp3) is 0. The Morgan fingerprint density at radius 3 is 1.76 bits per heavy atom. The molecule has 0 saturated carbocycles. The number of nitriles is 3. The summed E-state index contributed by atoms with van der Waals surface area (Å²) in [6, 6.07) is 55.0. The molecule has 0 fully saturated rings. The van der Waals surface area contributed by atoms with Crippen LogP contribution >= 0.6 is 0 Å². The molecule has 9 rings (SSSR count). The van der Waals surface area contributed by atoms with Crippen LogP contribution in [-0.2, 0) is 0 Å². The predicted octanol–water partition coefficient (Wildman–Crippen LogP) is 10.4. The van der Waals surface area contributed by atoms with E-state index in [2.05, 4.69) is 75.9 Å². The lowest BCUT2D eigenvalue weighted by Crippen LogP contribution is -1.99. The van der Waals surface area contributed by atoms with Crippen LogP contribution in [0.2, 0.25) is 0 Å². The molecule has 6 nitrogen and oxygen atoms in total. The van der Waals surface area contributed by atoms with Gasteiger partial charge in [-0.1, -0.05) is 60.7 Å². The monoisotopic (exact) mass is 650 g/mol. The molecule has 9 aromatic rings. The summed E-state index contributed by atoms with van der Waals surface area (Å²) in [4.78, 5) is 0. The molecule has 0 amide bonds. The van der Waals surface area contributed by atoms with Gasteiger partial charge in [0.2, 0.25) is 0 Å². The smallest absolute Gasteiger partial charge is 0.0998 e. The topological polar surface area (TPSA) is 107 Å². The minimum absolute atomic E-state index is 0.519. The minimum Gasteiger partial charge on any atom is -0.399 e. The van der Waals surface area contributed by atoms with Crippen molar-refractivity contribution >= 4 is 49.3 Å². The van der Waals surface area contributed by atoms with Gasteiger partial charge < -0.3 is 14.9 Å². The van der Waals surface area contributed by atoms with Gasteiger partial charge in [-0.25, -0.2) is 0 Å². The molecule has 0 aliphatic heterocycles. The fourth-order valence-electron chi connectivity index (χ4n) is 7.51. The molecule has 0 atom stereocenters. The molecule has 0 bridgehead atoms. The van der Waals surface area contributed by atoms with Crippen molar-refractivity contribution in [1.29, 1.82) is 15.8 Å². The second-order valence-corrected chi connectivity index (χ2v) is 12.6. The third-order valence-electron chi connectivity index (χ3n) is 9.71. The number of para-hydroxylation sites is 2. The van der Waals surface area contributed by atoms with Gasteiger partial charge in [-0.2, -0.15) is 15.8 Å². The zero-order chi connectivity index (χ0) is 34.6. The first-order valence-corrected chi connectivity index (χ1v) is 16.5. The maximum absolute atomic E-state index is 10.4. The van der Waals surface area contributed by atoms with Gasteiger partial charge in [-0.05, 0) is 102 Å². The second kappa shape index (κ2) is 11.5. The summed E-state index contributed by atoms with van der Waals surface area (Å²) >= 11 is 0. The second-order valence-electron chi connectivity index (χ2n) is 12.6. The summed E-state index contributed by atoms with van der Waals surface area (Å²) in [6.07, 6.45) is 0.